The van der Waals surface area contributed by atoms with Crippen LogP contribution in [0.25, 0.3) is 0 Å². The van der Waals surface area contributed by atoms with E-state index in [2.05, 4.69) is 32.4 Å². The van der Waals surface area contributed by atoms with E-state index in [1.165, 1.54) is 6.08 Å². The second-order valence-corrected chi connectivity index (χ2v) is 8.28. The van der Waals surface area contributed by atoms with E-state index in [1.54, 1.807) is 18.3 Å². The summed E-state index contributed by atoms with van der Waals surface area (Å²) < 4.78 is 20.5. The summed E-state index contributed by atoms with van der Waals surface area (Å²) in [4.78, 5) is 6.27. The lowest BCUT2D eigenvalue weighted by atomic mass is 9.97. The van der Waals surface area contributed by atoms with Crippen molar-refractivity contribution in [1.29, 1.82) is 0 Å². The molecule has 0 aliphatic carbocycles. The molecule has 3 rings (SSSR count). The number of rotatable bonds is 12. The Morgan fingerprint density at radius 1 is 1.35 bits per heavy atom. The van der Waals surface area contributed by atoms with Crippen molar-refractivity contribution in [1.82, 2.24) is 10.3 Å². The van der Waals surface area contributed by atoms with Gasteiger partial charge in [0, 0.05) is 45.6 Å². The van der Waals surface area contributed by atoms with Gasteiger partial charge in [0.1, 0.15) is 23.1 Å². The van der Waals surface area contributed by atoms with Gasteiger partial charge in [-0.25, -0.2) is 9.37 Å². The molecule has 0 bridgehead atoms. The van der Waals surface area contributed by atoms with E-state index >= 15 is 0 Å². The molecular weight excluding hydrogens is 433 g/mol. The Bertz CT molecular complexity index is 1040. The molecule has 182 valence electrons. The third-order valence-corrected chi connectivity index (χ3v) is 5.69. The molecular formula is C26H34FN5O2. The molecule has 2 unspecified atom stereocenters. The number of benzene rings is 1. The monoisotopic (exact) mass is 467 g/mol. The van der Waals surface area contributed by atoms with Gasteiger partial charge in [0.15, 0.2) is 6.29 Å². The van der Waals surface area contributed by atoms with Crippen LogP contribution in [0, 0.1) is 5.92 Å². The number of allylic oxidation sites excluding steroid dienone is 4. The summed E-state index contributed by atoms with van der Waals surface area (Å²) in [7, 11) is 3.80. The molecule has 0 amide bonds. The molecule has 4 N–H and O–H groups in total. The van der Waals surface area contributed by atoms with Crippen LogP contribution in [0.4, 0.5) is 21.6 Å². The maximum absolute atomic E-state index is 14.5. The first-order chi connectivity index (χ1) is 16.4. The van der Waals surface area contributed by atoms with Crippen molar-refractivity contribution in [3.8, 4) is 11.5 Å². The Morgan fingerprint density at radius 3 is 2.88 bits per heavy atom. The molecule has 1 aliphatic rings. The molecule has 2 atom stereocenters. The summed E-state index contributed by atoms with van der Waals surface area (Å²) in [5.41, 5.74) is 2.55. The maximum atomic E-state index is 14.5. The zero-order valence-electron chi connectivity index (χ0n) is 20.0. The highest BCUT2D eigenvalue weighted by Crippen LogP contribution is 2.37. The number of ether oxygens (including phenoxy) is 1. The normalized spacial score (nSPS) is 16.6. The quantitative estimate of drug-likeness (QED) is 0.326. The molecule has 0 fully saturated rings. The average Bonchev–Trinajstić information content (AvgIpc) is 3.15. The SMILES string of the molecule is C=C/C(CC(C)CCO)=C(F)\C=C/CNC1Nc2cc(Oc3ccnc(NC)c3)ccc2N1C. The van der Waals surface area contributed by atoms with E-state index in [4.69, 9.17) is 9.84 Å². The van der Waals surface area contributed by atoms with Crippen molar-refractivity contribution in [3.63, 3.8) is 0 Å². The van der Waals surface area contributed by atoms with Crippen molar-refractivity contribution in [2.75, 3.05) is 42.8 Å². The lowest BCUT2D eigenvalue weighted by molar-refractivity contribution is 0.262. The molecule has 0 saturated heterocycles. The summed E-state index contributed by atoms with van der Waals surface area (Å²) in [6.07, 6.45) is 7.53. The van der Waals surface area contributed by atoms with Crippen LogP contribution in [0.1, 0.15) is 19.8 Å². The second kappa shape index (κ2) is 12.2. The highest BCUT2D eigenvalue weighted by Gasteiger charge is 2.25. The first-order valence-corrected chi connectivity index (χ1v) is 11.4. The Morgan fingerprint density at radius 2 is 2.15 bits per heavy atom. The van der Waals surface area contributed by atoms with Crippen LogP contribution in [0.15, 0.2) is 72.7 Å². The molecule has 2 heterocycles. The Balaban J connectivity index is 1.57. The van der Waals surface area contributed by atoms with Crippen molar-refractivity contribution in [2.45, 2.75) is 26.1 Å². The smallest absolute Gasteiger partial charge is 0.155 e. The fourth-order valence-electron chi connectivity index (χ4n) is 3.75. The molecule has 0 radical (unpaired) electrons. The molecule has 7 nitrogen and oxygen atoms in total. The van der Waals surface area contributed by atoms with E-state index in [0.717, 1.165) is 17.2 Å². The van der Waals surface area contributed by atoms with Crippen molar-refractivity contribution < 1.29 is 14.2 Å². The summed E-state index contributed by atoms with van der Waals surface area (Å²) >= 11 is 0. The van der Waals surface area contributed by atoms with Gasteiger partial charge in [-0.05, 0) is 48.6 Å². The number of pyridine rings is 1. The Labute approximate surface area is 201 Å². The first-order valence-electron chi connectivity index (χ1n) is 11.4. The van der Waals surface area contributed by atoms with Crippen molar-refractivity contribution >= 4 is 17.2 Å². The number of aliphatic hydroxyl groups excluding tert-OH is 1. The summed E-state index contributed by atoms with van der Waals surface area (Å²) in [5.74, 6) is 2.05. The highest BCUT2D eigenvalue weighted by molar-refractivity contribution is 5.77. The number of anilines is 3. The number of aromatic nitrogens is 1. The number of aliphatic hydroxyl groups is 1. The number of nitrogens with zero attached hydrogens (tertiary/aromatic N) is 2. The van der Waals surface area contributed by atoms with Gasteiger partial charge in [0.05, 0.1) is 11.4 Å². The standard InChI is InChI=1S/C26H34FN5O2/c1-5-19(15-18(2)11-14-33)22(27)7-6-12-30-26-31-23-16-20(8-9-24(23)32(26)4)34-21-10-13-29-25(17-21)28-3/h5-10,13,16-18,26,30-31,33H,1,11-12,14-15H2,2-4H3,(H,28,29)/b7-6-,22-19-. The summed E-state index contributed by atoms with van der Waals surface area (Å²) in [6, 6.07) is 9.52. The Hall–Kier alpha value is -3.36. The van der Waals surface area contributed by atoms with Gasteiger partial charge >= 0.3 is 0 Å². The predicted octanol–water partition coefficient (Wildman–Crippen LogP) is 5.02. The van der Waals surface area contributed by atoms with Crippen LogP contribution in [0.2, 0.25) is 0 Å². The minimum atomic E-state index is -0.294. The molecule has 1 aromatic heterocycles. The maximum Gasteiger partial charge on any atom is 0.155 e. The van der Waals surface area contributed by atoms with Gasteiger partial charge in [0.25, 0.3) is 0 Å². The molecule has 0 saturated carbocycles. The zero-order chi connectivity index (χ0) is 24.5. The number of hydrogen-bond donors (Lipinski definition) is 4. The van der Waals surface area contributed by atoms with Crippen LogP contribution in [-0.2, 0) is 0 Å². The van der Waals surface area contributed by atoms with Crippen LogP contribution < -0.4 is 25.6 Å². The minimum absolute atomic E-state index is 0.103. The molecule has 34 heavy (non-hydrogen) atoms. The van der Waals surface area contributed by atoms with Crippen LogP contribution >= 0.6 is 0 Å². The zero-order valence-corrected chi connectivity index (χ0v) is 20.0. The van der Waals surface area contributed by atoms with Gasteiger partial charge in [0.2, 0.25) is 0 Å². The van der Waals surface area contributed by atoms with E-state index in [9.17, 15) is 4.39 Å². The predicted molar refractivity (Wildman–Crippen MR) is 137 cm³/mol. The fraction of sp³-hybridized carbons (Fsp3) is 0.346. The van der Waals surface area contributed by atoms with Gasteiger partial charge in [-0.3, -0.25) is 5.32 Å². The van der Waals surface area contributed by atoms with E-state index in [-0.39, 0.29) is 24.6 Å². The van der Waals surface area contributed by atoms with E-state index in [0.29, 0.717) is 36.5 Å². The molecule has 1 aromatic carbocycles. The molecule has 2 aromatic rings. The third kappa shape index (κ3) is 6.59. The van der Waals surface area contributed by atoms with E-state index < -0.39 is 0 Å². The van der Waals surface area contributed by atoms with Gasteiger partial charge < -0.3 is 25.4 Å². The number of hydrogen-bond acceptors (Lipinski definition) is 7. The minimum Gasteiger partial charge on any atom is -0.457 e. The third-order valence-electron chi connectivity index (χ3n) is 5.69. The first kappa shape index (κ1) is 25.3. The van der Waals surface area contributed by atoms with Crippen LogP contribution in [0.5, 0.6) is 11.5 Å². The molecule has 1 aliphatic heterocycles. The van der Waals surface area contributed by atoms with E-state index in [1.807, 2.05) is 51.4 Å². The molecule has 0 spiro atoms. The van der Waals surface area contributed by atoms with Crippen molar-refractivity contribution in [3.05, 3.63) is 72.7 Å². The summed E-state index contributed by atoms with van der Waals surface area (Å²) in [6.45, 7) is 6.29. The second-order valence-electron chi connectivity index (χ2n) is 8.28. The topological polar surface area (TPSA) is 81.7 Å². The Kier molecular flexibility index (Phi) is 9.07. The van der Waals surface area contributed by atoms with Crippen molar-refractivity contribution in [2.24, 2.45) is 5.92 Å². The van der Waals surface area contributed by atoms with Crippen LogP contribution in [0.3, 0.4) is 0 Å². The number of nitrogens with one attached hydrogen (secondary N) is 3. The van der Waals surface area contributed by atoms with Crippen LogP contribution in [-0.4, -0.2) is 43.6 Å². The fourth-order valence-corrected chi connectivity index (χ4v) is 3.75. The summed E-state index contributed by atoms with van der Waals surface area (Å²) in [5, 5.41) is 18.8. The van der Waals surface area contributed by atoms with Gasteiger partial charge in [-0.2, -0.15) is 0 Å². The lowest BCUT2D eigenvalue weighted by Gasteiger charge is -2.22. The lowest BCUT2D eigenvalue weighted by Crippen LogP contribution is -2.45. The van der Waals surface area contributed by atoms with Gasteiger partial charge in [-0.15, -0.1) is 0 Å². The number of halogens is 1. The average molecular weight is 468 g/mol. The van der Waals surface area contributed by atoms with Gasteiger partial charge in [-0.1, -0.05) is 25.7 Å². The number of fused-ring (bicyclic) bond motifs is 1. The highest BCUT2D eigenvalue weighted by atomic mass is 19.1. The molecule has 8 heteroatoms. The largest absolute Gasteiger partial charge is 0.457 e.